The Morgan fingerprint density at radius 3 is 2.79 bits per heavy atom. The summed E-state index contributed by atoms with van der Waals surface area (Å²) in [6.07, 6.45) is 4.88. The number of nitrogens with one attached hydrogen (secondary N) is 2. The van der Waals surface area contributed by atoms with Gasteiger partial charge in [-0.3, -0.25) is 19.1 Å². The first-order valence-corrected chi connectivity index (χ1v) is 9.88. The van der Waals surface area contributed by atoms with E-state index in [-0.39, 0.29) is 30.2 Å². The number of nitrogens with zero attached hydrogens (tertiary/aromatic N) is 3. The molecule has 3 amide bonds. The molecule has 1 saturated heterocycles. The fraction of sp³-hybridized carbons (Fsp3) is 0.429. The maximum Gasteiger partial charge on any atom is 0.246 e. The van der Waals surface area contributed by atoms with Gasteiger partial charge in [-0.2, -0.15) is 5.10 Å². The third kappa shape index (κ3) is 5.43. The van der Waals surface area contributed by atoms with Gasteiger partial charge in [0.2, 0.25) is 17.7 Å². The van der Waals surface area contributed by atoms with Crippen LogP contribution in [-0.2, 0) is 27.5 Å². The number of anilines is 1. The highest BCUT2D eigenvalue weighted by Crippen LogP contribution is 2.20. The molecule has 3 rings (SSSR count). The molecule has 1 aromatic carbocycles. The van der Waals surface area contributed by atoms with Crippen LogP contribution in [0.3, 0.4) is 0 Å². The first-order chi connectivity index (χ1) is 13.9. The SMILES string of the molecule is CC(C)C(=O)N1CCCC1C(=O)NCc1cccc(NC(=O)Cn2cccn2)c1. The van der Waals surface area contributed by atoms with Crippen LogP contribution in [0, 0.1) is 5.92 Å². The smallest absolute Gasteiger partial charge is 0.246 e. The van der Waals surface area contributed by atoms with Crippen molar-refractivity contribution >= 4 is 23.4 Å². The molecule has 8 nitrogen and oxygen atoms in total. The number of carbonyl (C=O) groups is 3. The molecule has 0 bridgehead atoms. The summed E-state index contributed by atoms with van der Waals surface area (Å²) >= 11 is 0. The van der Waals surface area contributed by atoms with Crippen molar-refractivity contribution in [1.29, 1.82) is 0 Å². The zero-order valence-corrected chi connectivity index (χ0v) is 16.8. The van der Waals surface area contributed by atoms with Gasteiger partial charge in [-0.15, -0.1) is 0 Å². The van der Waals surface area contributed by atoms with E-state index in [0.29, 0.717) is 25.2 Å². The molecule has 1 atom stereocenters. The first kappa shape index (κ1) is 20.6. The third-order valence-corrected chi connectivity index (χ3v) is 4.87. The van der Waals surface area contributed by atoms with Crippen molar-refractivity contribution in [2.45, 2.75) is 45.8 Å². The molecule has 154 valence electrons. The molecule has 1 aliphatic rings. The second-order valence-electron chi connectivity index (χ2n) is 7.51. The lowest BCUT2D eigenvalue weighted by Gasteiger charge is -2.25. The Kier molecular flexibility index (Phi) is 6.64. The van der Waals surface area contributed by atoms with Crippen LogP contribution in [0.2, 0.25) is 0 Å². The molecule has 1 fully saturated rings. The van der Waals surface area contributed by atoms with E-state index in [9.17, 15) is 14.4 Å². The maximum atomic E-state index is 12.6. The van der Waals surface area contributed by atoms with Gasteiger partial charge in [0.05, 0.1) is 0 Å². The van der Waals surface area contributed by atoms with Crippen LogP contribution in [0.4, 0.5) is 5.69 Å². The fourth-order valence-corrected chi connectivity index (χ4v) is 3.44. The average Bonchev–Trinajstić information content (AvgIpc) is 3.37. The Balaban J connectivity index is 1.54. The van der Waals surface area contributed by atoms with Gasteiger partial charge in [0.1, 0.15) is 12.6 Å². The number of hydrogen-bond acceptors (Lipinski definition) is 4. The van der Waals surface area contributed by atoms with Gasteiger partial charge in [0, 0.05) is 37.1 Å². The minimum absolute atomic E-state index is 0.0181. The van der Waals surface area contributed by atoms with E-state index < -0.39 is 6.04 Å². The lowest BCUT2D eigenvalue weighted by Crippen LogP contribution is -2.47. The van der Waals surface area contributed by atoms with Crippen molar-refractivity contribution < 1.29 is 14.4 Å². The standard InChI is InChI=1S/C21H27N5O3/c1-15(2)21(29)26-11-4-8-18(26)20(28)22-13-16-6-3-7-17(12-16)24-19(27)14-25-10-5-9-23-25/h3,5-7,9-10,12,15,18H,4,8,11,13-14H2,1-2H3,(H,22,28)(H,24,27). The Labute approximate surface area is 170 Å². The second kappa shape index (κ2) is 9.36. The summed E-state index contributed by atoms with van der Waals surface area (Å²) in [5, 5.41) is 9.77. The number of hydrogen-bond donors (Lipinski definition) is 2. The van der Waals surface area contributed by atoms with Gasteiger partial charge in [-0.05, 0) is 36.6 Å². The molecule has 2 heterocycles. The van der Waals surface area contributed by atoms with E-state index in [4.69, 9.17) is 0 Å². The van der Waals surface area contributed by atoms with Crippen LogP contribution < -0.4 is 10.6 Å². The largest absolute Gasteiger partial charge is 0.350 e. The Morgan fingerprint density at radius 2 is 2.07 bits per heavy atom. The van der Waals surface area contributed by atoms with Crippen molar-refractivity contribution in [3.05, 3.63) is 48.3 Å². The fourth-order valence-electron chi connectivity index (χ4n) is 3.44. The van der Waals surface area contributed by atoms with Crippen LogP contribution in [0.5, 0.6) is 0 Å². The van der Waals surface area contributed by atoms with Crippen LogP contribution >= 0.6 is 0 Å². The quantitative estimate of drug-likeness (QED) is 0.744. The summed E-state index contributed by atoms with van der Waals surface area (Å²) in [5.74, 6) is -0.414. The van der Waals surface area contributed by atoms with Gasteiger partial charge < -0.3 is 15.5 Å². The van der Waals surface area contributed by atoms with E-state index in [1.807, 2.05) is 32.0 Å². The predicted octanol–water partition coefficient (Wildman–Crippen LogP) is 1.78. The Hall–Kier alpha value is -3.16. The molecule has 0 radical (unpaired) electrons. The van der Waals surface area contributed by atoms with Crippen LogP contribution in [0.25, 0.3) is 0 Å². The molecule has 2 N–H and O–H groups in total. The van der Waals surface area contributed by atoms with E-state index >= 15 is 0 Å². The molecule has 0 saturated carbocycles. The highest BCUT2D eigenvalue weighted by Gasteiger charge is 2.34. The number of likely N-dealkylation sites (tertiary alicyclic amines) is 1. The number of rotatable bonds is 7. The van der Waals surface area contributed by atoms with E-state index in [2.05, 4.69) is 15.7 Å². The lowest BCUT2D eigenvalue weighted by molar-refractivity contribution is -0.140. The summed E-state index contributed by atoms with van der Waals surface area (Å²) in [6.45, 7) is 4.80. The number of carbonyl (C=O) groups excluding carboxylic acids is 3. The topological polar surface area (TPSA) is 96.3 Å². The zero-order chi connectivity index (χ0) is 20.8. The molecule has 8 heteroatoms. The van der Waals surface area contributed by atoms with Gasteiger partial charge in [0.25, 0.3) is 0 Å². The minimum atomic E-state index is -0.401. The molecule has 0 aliphatic carbocycles. The van der Waals surface area contributed by atoms with E-state index in [1.54, 1.807) is 34.1 Å². The number of benzene rings is 1. The van der Waals surface area contributed by atoms with Crippen molar-refractivity contribution in [2.75, 3.05) is 11.9 Å². The zero-order valence-electron chi connectivity index (χ0n) is 16.8. The van der Waals surface area contributed by atoms with Crippen molar-refractivity contribution in [1.82, 2.24) is 20.0 Å². The van der Waals surface area contributed by atoms with Crippen molar-refractivity contribution in [3.8, 4) is 0 Å². The molecular formula is C21H27N5O3. The van der Waals surface area contributed by atoms with Gasteiger partial charge in [-0.25, -0.2) is 0 Å². The Morgan fingerprint density at radius 1 is 1.24 bits per heavy atom. The van der Waals surface area contributed by atoms with Crippen LogP contribution in [0.15, 0.2) is 42.7 Å². The maximum absolute atomic E-state index is 12.6. The highest BCUT2D eigenvalue weighted by atomic mass is 16.2. The normalized spacial score (nSPS) is 16.1. The van der Waals surface area contributed by atoms with Gasteiger partial charge in [-0.1, -0.05) is 26.0 Å². The third-order valence-electron chi connectivity index (χ3n) is 4.87. The first-order valence-electron chi connectivity index (χ1n) is 9.88. The summed E-state index contributed by atoms with van der Waals surface area (Å²) in [6, 6.07) is 8.70. The second-order valence-corrected chi connectivity index (χ2v) is 7.51. The van der Waals surface area contributed by atoms with Gasteiger partial charge in [0.15, 0.2) is 0 Å². The van der Waals surface area contributed by atoms with Crippen LogP contribution in [0.1, 0.15) is 32.3 Å². The molecular weight excluding hydrogens is 370 g/mol. The minimum Gasteiger partial charge on any atom is -0.350 e. The van der Waals surface area contributed by atoms with Crippen molar-refractivity contribution in [3.63, 3.8) is 0 Å². The lowest BCUT2D eigenvalue weighted by atomic mass is 10.1. The highest BCUT2D eigenvalue weighted by molar-refractivity contribution is 5.91. The average molecular weight is 397 g/mol. The molecule has 2 aromatic rings. The monoisotopic (exact) mass is 397 g/mol. The summed E-state index contributed by atoms with van der Waals surface area (Å²) in [7, 11) is 0. The molecule has 1 aromatic heterocycles. The molecule has 1 unspecified atom stereocenters. The summed E-state index contributed by atoms with van der Waals surface area (Å²) in [5.41, 5.74) is 1.53. The predicted molar refractivity (Wildman–Crippen MR) is 109 cm³/mol. The van der Waals surface area contributed by atoms with E-state index in [1.165, 1.54) is 0 Å². The molecule has 0 spiro atoms. The molecule has 1 aliphatic heterocycles. The summed E-state index contributed by atoms with van der Waals surface area (Å²) in [4.78, 5) is 38.7. The van der Waals surface area contributed by atoms with Crippen molar-refractivity contribution in [2.24, 2.45) is 5.92 Å². The number of amides is 3. The van der Waals surface area contributed by atoms with Crippen LogP contribution in [-0.4, -0.2) is 45.0 Å². The van der Waals surface area contributed by atoms with Gasteiger partial charge >= 0.3 is 0 Å². The molecule has 29 heavy (non-hydrogen) atoms. The Bertz CT molecular complexity index is 863. The number of aromatic nitrogens is 2. The van der Waals surface area contributed by atoms with E-state index in [0.717, 1.165) is 12.0 Å². The summed E-state index contributed by atoms with van der Waals surface area (Å²) < 4.78 is 1.55.